The van der Waals surface area contributed by atoms with E-state index in [1.54, 1.807) is 11.6 Å². The van der Waals surface area contributed by atoms with E-state index in [4.69, 9.17) is 0 Å². The van der Waals surface area contributed by atoms with Gasteiger partial charge in [0.05, 0.1) is 0 Å². The third-order valence-corrected chi connectivity index (χ3v) is 4.66. The van der Waals surface area contributed by atoms with Gasteiger partial charge < -0.3 is 20.7 Å². The Morgan fingerprint density at radius 3 is 3.05 bits per heavy atom. The minimum Gasteiger partial charge on any atom is -0.362 e. The molecule has 8 heteroatoms. The van der Waals surface area contributed by atoms with Gasteiger partial charge in [-0.05, 0) is 36.3 Å². The minimum atomic E-state index is -0.375. The first-order valence-electron chi connectivity index (χ1n) is 6.64. The molecule has 108 valence electrons. The lowest BCUT2D eigenvalue weighted by atomic mass is 9.81. The van der Waals surface area contributed by atoms with Crippen LogP contribution in [0.4, 0.5) is 11.6 Å². The number of hydrogen-bond acceptors (Lipinski definition) is 6. The molecule has 0 saturated carbocycles. The molecule has 2 aromatic heterocycles. The summed E-state index contributed by atoms with van der Waals surface area (Å²) in [7, 11) is 0. The predicted molar refractivity (Wildman–Crippen MR) is 78.4 cm³/mol. The molecule has 7 nitrogen and oxygen atoms in total. The van der Waals surface area contributed by atoms with E-state index in [1.165, 1.54) is 15.7 Å². The van der Waals surface area contributed by atoms with E-state index in [-0.39, 0.29) is 16.2 Å². The fourth-order valence-corrected chi connectivity index (χ4v) is 3.28. The molecule has 3 rings (SSSR count). The molecule has 1 fully saturated rings. The van der Waals surface area contributed by atoms with Gasteiger partial charge in [-0.1, -0.05) is 18.3 Å². The Morgan fingerprint density at radius 1 is 1.60 bits per heavy atom. The van der Waals surface area contributed by atoms with Crippen molar-refractivity contribution in [3.63, 3.8) is 0 Å². The third kappa shape index (κ3) is 2.36. The summed E-state index contributed by atoms with van der Waals surface area (Å²) in [5.41, 5.74) is 0.163. The van der Waals surface area contributed by atoms with Gasteiger partial charge in [-0.2, -0.15) is 9.38 Å². The molecule has 0 aromatic carbocycles. The highest BCUT2D eigenvalue weighted by Gasteiger charge is 2.29. The number of imidazole rings is 1. The number of piperidine rings is 1. The molecule has 2 N–H and O–H groups in total. The van der Waals surface area contributed by atoms with Crippen LogP contribution < -0.4 is 10.6 Å². The lowest BCUT2D eigenvalue weighted by Crippen LogP contribution is -2.39. The van der Waals surface area contributed by atoms with Crippen molar-refractivity contribution < 1.29 is 4.92 Å². The number of aromatic nitrogens is 2. The summed E-state index contributed by atoms with van der Waals surface area (Å²) in [5, 5.41) is 19.5. The molecule has 0 spiro atoms. The van der Waals surface area contributed by atoms with Crippen LogP contribution in [0.25, 0.3) is 4.96 Å². The van der Waals surface area contributed by atoms with Crippen LogP contribution in [-0.4, -0.2) is 33.9 Å². The standard InChI is InChI=1S/C12H17N5O2S/c1-12(2-4-13-5-3-12)8-14-9-10(17(18)19)16-6-7-20-11(16)15-9/h6-7,13-14H,2-5,8H2,1H3. The molecule has 2 aromatic rings. The van der Waals surface area contributed by atoms with Crippen molar-refractivity contribution in [1.29, 1.82) is 0 Å². The smallest absolute Gasteiger partial charge is 0.362 e. The van der Waals surface area contributed by atoms with E-state index in [2.05, 4.69) is 22.5 Å². The normalized spacial score (nSPS) is 18.2. The molecule has 0 radical (unpaired) electrons. The van der Waals surface area contributed by atoms with Crippen molar-refractivity contribution in [2.45, 2.75) is 19.8 Å². The van der Waals surface area contributed by atoms with Gasteiger partial charge >= 0.3 is 5.82 Å². The van der Waals surface area contributed by atoms with Gasteiger partial charge in [-0.15, -0.1) is 0 Å². The number of hydrogen-bond donors (Lipinski definition) is 2. The minimum absolute atomic E-state index is 0.0267. The predicted octanol–water partition coefficient (Wildman–Crippen LogP) is 2.11. The van der Waals surface area contributed by atoms with Gasteiger partial charge in [0.1, 0.15) is 6.20 Å². The summed E-state index contributed by atoms with van der Waals surface area (Å²) in [6.07, 6.45) is 3.81. The molecule has 20 heavy (non-hydrogen) atoms. The largest absolute Gasteiger partial charge is 0.372 e. The quantitative estimate of drug-likeness (QED) is 0.666. The Kier molecular flexibility index (Phi) is 3.35. The fraction of sp³-hybridized carbons (Fsp3) is 0.583. The Hall–Kier alpha value is -1.67. The Labute approximate surface area is 120 Å². The molecule has 0 aliphatic carbocycles. The molecule has 0 unspecified atom stereocenters. The zero-order chi connectivity index (χ0) is 14.2. The number of thiazole rings is 1. The van der Waals surface area contributed by atoms with Crippen LogP contribution in [0, 0.1) is 15.5 Å². The zero-order valence-electron chi connectivity index (χ0n) is 11.3. The highest BCUT2D eigenvalue weighted by molar-refractivity contribution is 7.15. The maximum absolute atomic E-state index is 11.2. The number of nitrogens with one attached hydrogen (secondary N) is 2. The van der Waals surface area contributed by atoms with Crippen LogP contribution in [0.5, 0.6) is 0 Å². The Bertz CT molecular complexity index is 629. The lowest BCUT2D eigenvalue weighted by Gasteiger charge is -2.34. The molecular weight excluding hydrogens is 278 g/mol. The molecular formula is C12H17N5O2S. The van der Waals surface area contributed by atoms with Crippen LogP contribution in [0.3, 0.4) is 0 Å². The monoisotopic (exact) mass is 295 g/mol. The molecule has 1 aliphatic rings. The summed E-state index contributed by atoms with van der Waals surface area (Å²) >= 11 is 1.40. The van der Waals surface area contributed by atoms with E-state index >= 15 is 0 Å². The van der Waals surface area contributed by atoms with E-state index in [1.807, 2.05) is 0 Å². The summed E-state index contributed by atoms with van der Waals surface area (Å²) in [6.45, 7) is 4.92. The van der Waals surface area contributed by atoms with Crippen molar-refractivity contribution in [2.75, 3.05) is 25.0 Å². The van der Waals surface area contributed by atoms with E-state index < -0.39 is 0 Å². The highest BCUT2D eigenvalue weighted by Crippen LogP contribution is 2.32. The molecule has 0 atom stereocenters. The highest BCUT2D eigenvalue weighted by atomic mass is 32.1. The first-order valence-corrected chi connectivity index (χ1v) is 7.52. The topological polar surface area (TPSA) is 84.5 Å². The summed E-state index contributed by atoms with van der Waals surface area (Å²) < 4.78 is 1.53. The third-order valence-electron chi connectivity index (χ3n) is 3.90. The molecule has 0 amide bonds. The van der Waals surface area contributed by atoms with E-state index in [0.717, 1.165) is 25.9 Å². The van der Waals surface area contributed by atoms with Gasteiger partial charge in [-0.25, -0.2) is 0 Å². The molecule has 1 aliphatic heterocycles. The second-order valence-electron chi connectivity index (χ2n) is 5.51. The van der Waals surface area contributed by atoms with Crippen molar-refractivity contribution in [2.24, 2.45) is 5.41 Å². The van der Waals surface area contributed by atoms with Gasteiger partial charge in [-0.3, -0.25) is 0 Å². The van der Waals surface area contributed by atoms with Crippen molar-refractivity contribution >= 4 is 27.9 Å². The second kappa shape index (κ2) is 5.02. The molecule has 3 heterocycles. The Balaban J connectivity index is 1.81. The van der Waals surface area contributed by atoms with Gasteiger partial charge in [0.25, 0.3) is 4.96 Å². The first kappa shape index (κ1) is 13.3. The van der Waals surface area contributed by atoms with E-state index in [9.17, 15) is 10.1 Å². The summed E-state index contributed by atoms with van der Waals surface area (Å²) in [5.74, 6) is 0.403. The number of rotatable bonds is 4. The second-order valence-corrected chi connectivity index (χ2v) is 6.38. The average Bonchev–Trinajstić information content (AvgIpc) is 2.96. The number of fused-ring (bicyclic) bond motifs is 1. The van der Waals surface area contributed by atoms with Crippen LogP contribution in [0.2, 0.25) is 0 Å². The maximum atomic E-state index is 11.2. The number of nitro groups is 1. The van der Waals surface area contributed by atoms with Crippen molar-refractivity contribution in [3.05, 3.63) is 21.7 Å². The van der Waals surface area contributed by atoms with Gasteiger partial charge in [0.15, 0.2) is 0 Å². The van der Waals surface area contributed by atoms with E-state index in [0.29, 0.717) is 17.3 Å². The zero-order valence-corrected chi connectivity index (χ0v) is 12.1. The van der Waals surface area contributed by atoms with Crippen molar-refractivity contribution in [3.8, 4) is 0 Å². The summed E-state index contributed by atoms with van der Waals surface area (Å²) in [4.78, 5) is 15.8. The van der Waals surface area contributed by atoms with Crippen molar-refractivity contribution in [1.82, 2.24) is 14.7 Å². The fourth-order valence-electron chi connectivity index (χ4n) is 2.57. The Morgan fingerprint density at radius 2 is 2.35 bits per heavy atom. The van der Waals surface area contributed by atoms with Crippen LogP contribution in [0.1, 0.15) is 19.8 Å². The molecule has 0 bridgehead atoms. The SMILES string of the molecule is CC1(CNc2nc3sccn3c2[N+](=O)[O-])CCNCC1. The average molecular weight is 295 g/mol. The maximum Gasteiger partial charge on any atom is 0.372 e. The number of nitrogens with zero attached hydrogens (tertiary/aromatic N) is 3. The molecule has 1 saturated heterocycles. The number of anilines is 1. The van der Waals surface area contributed by atoms with Crippen LogP contribution in [0.15, 0.2) is 11.6 Å². The van der Waals surface area contributed by atoms with Crippen LogP contribution >= 0.6 is 11.3 Å². The first-order chi connectivity index (χ1) is 9.59. The lowest BCUT2D eigenvalue weighted by molar-refractivity contribution is -0.389. The van der Waals surface area contributed by atoms with Crippen LogP contribution in [-0.2, 0) is 0 Å². The van der Waals surface area contributed by atoms with Gasteiger partial charge in [0, 0.05) is 11.9 Å². The van der Waals surface area contributed by atoms with Gasteiger partial charge in [0.2, 0.25) is 5.82 Å². The summed E-state index contributed by atoms with van der Waals surface area (Å²) in [6, 6.07) is 0.